The first-order valence-electron chi connectivity index (χ1n) is 8.61. The molecule has 0 unspecified atom stereocenters. The van der Waals surface area contributed by atoms with Crippen molar-refractivity contribution in [3.05, 3.63) is 45.0 Å². The largest absolute Gasteiger partial charge is 0.497 e. The third-order valence-electron chi connectivity index (χ3n) is 3.62. The third-order valence-corrected chi connectivity index (χ3v) is 4.43. The van der Waals surface area contributed by atoms with Crippen molar-refractivity contribution in [1.29, 1.82) is 0 Å². The van der Waals surface area contributed by atoms with Gasteiger partial charge in [0.05, 0.1) is 30.6 Å². The molecule has 2 aromatic carbocycles. The van der Waals surface area contributed by atoms with Crippen LogP contribution in [0.4, 0.5) is 0 Å². The Balaban J connectivity index is 2.17. The first-order valence-corrected chi connectivity index (χ1v) is 9.69. The van der Waals surface area contributed by atoms with Crippen LogP contribution >= 0.6 is 22.6 Å². The number of terminal acetylenes is 1. The van der Waals surface area contributed by atoms with Crippen molar-refractivity contribution < 1.29 is 23.7 Å². The fourth-order valence-electron chi connectivity index (χ4n) is 2.35. The number of hydrazone groups is 1. The van der Waals surface area contributed by atoms with Gasteiger partial charge in [0.15, 0.2) is 11.5 Å². The molecule has 0 bridgehead atoms. The van der Waals surface area contributed by atoms with Crippen molar-refractivity contribution in [1.82, 2.24) is 5.43 Å². The predicted molar refractivity (Wildman–Crippen MR) is 119 cm³/mol. The summed E-state index contributed by atoms with van der Waals surface area (Å²) < 4.78 is 22.3. The second-order valence-corrected chi connectivity index (χ2v) is 6.72. The first kappa shape index (κ1) is 22.4. The van der Waals surface area contributed by atoms with E-state index in [1.807, 2.05) is 13.0 Å². The molecule has 152 valence electrons. The standard InChI is InChI=1S/C21H21IN2O5/c1-5-7-29-20-18(22)8-14(9-19(20)28-6-2)13-23-24-21(25)15-10-16(26-3)12-17(11-15)27-4/h1,8-13H,6-7H2,2-4H3,(H,24,25)/b23-13-. The Morgan fingerprint density at radius 3 is 2.45 bits per heavy atom. The summed E-state index contributed by atoms with van der Waals surface area (Å²) in [6, 6.07) is 8.49. The summed E-state index contributed by atoms with van der Waals surface area (Å²) in [7, 11) is 3.03. The average Bonchev–Trinajstić information content (AvgIpc) is 2.72. The highest BCUT2D eigenvalue weighted by Crippen LogP contribution is 2.33. The molecule has 0 atom stereocenters. The normalized spacial score (nSPS) is 10.3. The van der Waals surface area contributed by atoms with E-state index < -0.39 is 5.91 Å². The van der Waals surface area contributed by atoms with Crippen molar-refractivity contribution in [2.24, 2.45) is 5.10 Å². The Morgan fingerprint density at radius 1 is 1.17 bits per heavy atom. The molecule has 0 aromatic heterocycles. The molecule has 8 heteroatoms. The maximum Gasteiger partial charge on any atom is 0.271 e. The lowest BCUT2D eigenvalue weighted by atomic mass is 10.2. The molecule has 2 rings (SSSR count). The lowest BCUT2D eigenvalue weighted by Crippen LogP contribution is -2.17. The summed E-state index contributed by atoms with van der Waals surface area (Å²) in [6.45, 7) is 2.49. The maximum atomic E-state index is 12.4. The number of ether oxygens (including phenoxy) is 4. The van der Waals surface area contributed by atoms with Crippen LogP contribution in [-0.2, 0) is 0 Å². The van der Waals surface area contributed by atoms with Gasteiger partial charge in [0.25, 0.3) is 5.91 Å². The second kappa shape index (κ2) is 11.2. The first-order chi connectivity index (χ1) is 14.0. The molecule has 2 aromatic rings. The van der Waals surface area contributed by atoms with Gasteiger partial charge in [-0.15, -0.1) is 6.42 Å². The van der Waals surface area contributed by atoms with E-state index >= 15 is 0 Å². The van der Waals surface area contributed by atoms with Gasteiger partial charge in [0, 0.05) is 11.6 Å². The van der Waals surface area contributed by atoms with Gasteiger partial charge >= 0.3 is 0 Å². The quantitative estimate of drug-likeness (QED) is 0.243. The highest BCUT2D eigenvalue weighted by atomic mass is 127. The van der Waals surface area contributed by atoms with E-state index in [1.165, 1.54) is 20.4 Å². The minimum absolute atomic E-state index is 0.142. The fourth-order valence-corrected chi connectivity index (χ4v) is 3.13. The number of hydrogen-bond acceptors (Lipinski definition) is 6. The van der Waals surface area contributed by atoms with E-state index in [9.17, 15) is 4.79 Å². The minimum Gasteiger partial charge on any atom is -0.497 e. The van der Waals surface area contributed by atoms with Gasteiger partial charge in [-0.3, -0.25) is 4.79 Å². The Morgan fingerprint density at radius 2 is 1.86 bits per heavy atom. The molecule has 0 spiro atoms. The van der Waals surface area contributed by atoms with Crippen LogP contribution in [0.3, 0.4) is 0 Å². The molecule has 0 radical (unpaired) electrons. The zero-order chi connectivity index (χ0) is 21.2. The number of hydrogen-bond donors (Lipinski definition) is 1. The van der Waals surface area contributed by atoms with Gasteiger partial charge in [0.2, 0.25) is 0 Å². The lowest BCUT2D eigenvalue weighted by molar-refractivity contribution is 0.0954. The van der Waals surface area contributed by atoms with Crippen LogP contribution in [0, 0.1) is 15.9 Å². The fraction of sp³-hybridized carbons (Fsp3) is 0.238. The number of halogens is 1. The van der Waals surface area contributed by atoms with Crippen molar-refractivity contribution >= 4 is 34.7 Å². The average molecular weight is 508 g/mol. The van der Waals surface area contributed by atoms with Gasteiger partial charge in [-0.1, -0.05) is 5.92 Å². The second-order valence-electron chi connectivity index (χ2n) is 5.56. The van der Waals surface area contributed by atoms with Crippen LogP contribution in [-0.4, -0.2) is 39.6 Å². The predicted octanol–water partition coefficient (Wildman–Crippen LogP) is 3.48. The molecule has 29 heavy (non-hydrogen) atoms. The van der Waals surface area contributed by atoms with Crippen molar-refractivity contribution in [3.63, 3.8) is 0 Å². The molecular weight excluding hydrogens is 487 g/mol. The molecule has 0 saturated heterocycles. The number of nitrogens with zero attached hydrogens (tertiary/aromatic N) is 1. The summed E-state index contributed by atoms with van der Waals surface area (Å²) in [6.07, 6.45) is 6.78. The van der Waals surface area contributed by atoms with E-state index in [-0.39, 0.29) is 6.61 Å². The molecule has 1 amide bonds. The number of carbonyl (C=O) groups excluding carboxylic acids is 1. The van der Waals surface area contributed by atoms with E-state index in [0.29, 0.717) is 35.2 Å². The lowest BCUT2D eigenvalue weighted by Gasteiger charge is -2.13. The van der Waals surface area contributed by atoms with Crippen molar-refractivity contribution in [2.75, 3.05) is 27.4 Å². The third kappa shape index (κ3) is 6.29. The van der Waals surface area contributed by atoms with Gasteiger partial charge in [-0.2, -0.15) is 5.10 Å². The zero-order valence-corrected chi connectivity index (χ0v) is 18.5. The number of carbonyl (C=O) groups is 1. The van der Waals surface area contributed by atoms with Gasteiger partial charge in [-0.25, -0.2) is 5.43 Å². The van der Waals surface area contributed by atoms with E-state index in [4.69, 9.17) is 25.4 Å². The maximum absolute atomic E-state index is 12.4. The summed E-state index contributed by atoms with van der Waals surface area (Å²) in [5, 5.41) is 4.02. The highest BCUT2D eigenvalue weighted by molar-refractivity contribution is 14.1. The summed E-state index contributed by atoms with van der Waals surface area (Å²) in [4.78, 5) is 12.4. The van der Waals surface area contributed by atoms with Crippen LogP contribution in [0.1, 0.15) is 22.8 Å². The number of amides is 1. The van der Waals surface area contributed by atoms with Crippen LogP contribution in [0.15, 0.2) is 35.4 Å². The molecule has 0 saturated carbocycles. The van der Waals surface area contributed by atoms with Gasteiger partial charge in [0.1, 0.15) is 18.1 Å². The summed E-state index contributed by atoms with van der Waals surface area (Å²) in [5.74, 6) is 4.19. The van der Waals surface area contributed by atoms with E-state index in [0.717, 1.165) is 9.13 Å². The number of methoxy groups -OCH3 is 2. The molecule has 1 N–H and O–H groups in total. The Kier molecular flexibility index (Phi) is 8.61. The topological polar surface area (TPSA) is 78.4 Å². The Bertz CT molecular complexity index is 915. The summed E-state index contributed by atoms with van der Waals surface area (Å²) >= 11 is 2.13. The molecule has 0 heterocycles. The summed E-state index contributed by atoms with van der Waals surface area (Å²) in [5.41, 5.74) is 3.58. The van der Waals surface area contributed by atoms with E-state index in [2.05, 4.69) is 39.0 Å². The van der Waals surface area contributed by atoms with Gasteiger partial charge < -0.3 is 18.9 Å². The Hall–Kier alpha value is -2.93. The molecule has 7 nitrogen and oxygen atoms in total. The zero-order valence-electron chi connectivity index (χ0n) is 16.3. The SMILES string of the molecule is C#CCOc1c(I)cc(/C=N\NC(=O)c2cc(OC)cc(OC)c2)cc1OCC. The van der Waals surface area contributed by atoms with Crippen molar-refractivity contribution in [3.8, 4) is 35.3 Å². The number of benzene rings is 2. The van der Waals surface area contributed by atoms with Crippen LogP contribution in [0.5, 0.6) is 23.0 Å². The monoisotopic (exact) mass is 508 g/mol. The molecule has 0 aliphatic rings. The van der Waals surface area contributed by atoms with Crippen molar-refractivity contribution in [2.45, 2.75) is 6.92 Å². The molecular formula is C21H21IN2O5. The van der Waals surface area contributed by atoms with Gasteiger partial charge in [-0.05, 0) is 59.3 Å². The van der Waals surface area contributed by atoms with Crippen LogP contribution in [0.2, 0.25) is 0 Å². The molecule has 0 fully saturated rings. The molecule has 0 aliphatic carbocycles. The number of rotatable bonds is 9. The minimum atomic E-state index is -0.396. The molecule has 0 aliphatic heterocycles. The van der Waals surface area contributed by atoms with Crippen LogP contribution < -0.4 is 24.4 Å². The number of nitrogens with one attached hydrogen (secondary N) is 1. The highest BCUT2D eigenvalue weighted by Gasteiger charge is 2.12. The van der Waals surface area contributed by atoms with Crippen LogP contribution in [0.25, 0.3) is 0 Å². The smallest absolute Gasteiger partial charge is 0.271 e. The van der Waals surface area contributed by atoms with E-state index in [1.54, 1.807) is 24.3 Å². The Labute approximate surface area is 183 Å².